The predicted molar refractivity (Wildman–Crippen MR) is 136 cm³/mol. The van der Waals surface area contributed by atoms with Crippen LogP contribution in [0.25, 0.3) is 0 Å². The van der Waals surface area contributed by atoms with Crippen molar-refractivity contribution >= 4 is 53.1 Å². The summed E-state index contributed by atoms with van der Waals surface area (Å²) in [6, 6.07) is 15.8. The minimum atomic E-state index is -0.133. The monoisotopic (exact) mass is 535 g/mol. The molecule has 0 saturated carbocycles. The lowest BCUT2D eigenvalue weighted by Crippen LogP contribution is -2.41. The van der Waals surface area contributed by atoms with Crippen molar-refractivity contribution in [2.24, 2.45) is 4.99 Å². The van der Waals surface area contributed by atoms with Crippen LogP contribution in [0.2, 0.25) is 0 Å². The van der Waals surface area contributed by atoms with Crippen molar-refractivity contribution in [3.63, 3.8) is 0 Å². The van der Waals surface area contributed by atoms with Crippen LogP contribution in [0.1, 0.15) is 30.9 Å². The number of hydrogen-bond donors (Lipinski definition) is 3. The van der Waals surface area contributed by atoms with Gasteiger partial charge >= 0.3 is 0 Å². The first-order valence-electron chi connectivity index (χ1n) is 10.3. The van der Waals surface area contributed by atoms with Gasteiger partial charge in [0.1, 0.15) is 0 Å². The average molecular weight is 535 g/mol. The van der Waals surface area contributed by atoms with E-state index in [9.17, 15) is 9.59 Å². The van der Waals surface area contributed by atoms with Gasteiger partial charge in [-0.25, -0.2) is 0 Å². The maximum Gasteiger partial charge on any atom is 0.243 e. The lowest BCUT2D eigenvalue weighted by molar-refractivity contribution is -0.117. The molecule has 1 fully saturated rings. The van der Waals surface area contributed by atoms with Crippen LogP contribution in [0.5, 0.6) is 0 Å². The normalized spacial score (nSPS) is 13.5. The van der Waals surface area contributed by atoms with E-state index in [1.54, 1.807) is 7.05 Å². The van der Waals surface area contributed by atoms with Gasteiger partial charge in [0.25, 0.3) is 0 Å². The minimum absolute atomic E-state index is 0. The zero-order chi connectivity index (χ0) is 21.3. The van der Waals surface area contributed by atoms with Crippen LogP contribution in [0.3, 0.4) is 0 Å². The van der Waals surface area contributed by atoms with Crippen LogP contribution >= 0.6 is 24.0 Å². The summed E-state index contributed by atoms with van der Waals surface area (Å²) < 4.78 is 0. The van der Waals surface area contributed by atoms with Crippen molar-refractivity contribution < 1.29 is 9.59 Å². The fourth-order valence-electron chi connectivity index (χ4n) is 3.36. The Bertz CT molecular complexity index is 914. The van der Waals surface area contributed by atoms with E-state index in [0.717, 1.165) is 36.3 Å². The van der Waals surface area contributed by atoms with Crippen molar-refractivity contribution in [2.45, 2.75) is 32.7 Å². The quantitative estimate of drug-likeness (QED) is 0.289. The second-order valence-corrected chi connectivity index (χ2v) is 7.20. The molecule has 1 aliphatic rings. The van der Waals surface area contributed by atoms with Crippen molar-refractivity contribution in [3.8, 4) is 0 Å². The Morgan fingerprint density at radius 2 is 1.87 bits per heavy atom. The van der Waals surface area contributed by atoms with Crippen LogP contribution < -0.4 is 20.9 Å². The van der Waals surface area contributed by atoms with E-state index in [2.05, 4.69) is 27.9 Å². The number of rotatable bonds is 7. The van der Waals surface area contributed by atoms with Gasteiger partial charge in [-0.15, -0.1) is 24.0 Å². The number of aryl methyl sites for hydroxylation is 1. The largest absolute Gasteiger partial charge is 0.352 e. The van der Waals surface area contributed by atoms with Crippen molar-refractivity contribution in [2.75, 3.05) is 30.4 Å². The first kappa shape index (κ1) is 24.6. The summed E-state index contributed by atoms with van der Waals surface area (Å²) in [5, 5.41) is 9.11. The molecule has 2 aromatic rings. The highest BCUT2D eigenvalue weighted by atomic mass is 127. The Labute approximate surface area is 200 Å². The number of carbonyl (C=O) groups excluding carboxylic acids is 2. The number of guanidine groups is 1. The van der Waals surface area contributed by atoms with E-state index in [0.29, 0.717) is 18.9 Å². The van der Waals surface area contributed by atoms with Crippen LogP contribution in [-0.2, 0) is 22.6 Å². The number of anilines is 2. The maximum atomic E-state index is 12.2. The van der Waals surface area contributed by atoms with E-state index in [-0.39, 0.29) is 42.3 Å². The molecule has 8 heteroatoms. The Morgan fingerprint density at radius 3 is 2.52 bits per heavy atom. The molecule has 0 aliphatic carbocycles. The Hall–Kier alpha value is -2.62. The highest BCUT2D eigenvalue weighted by molar-refractivity contribution is 14.0. The Balaban J connectivity index is 0.00000341. The van der Waals surface area contributed by atoms with E-state index in [1.165, 1.54) is 5.56 Å². The van der Waals surface area contributed by atoms with Gasteiger partial charge in [-0.1, -0.05) is 31.2 Å². The first-order valence-corrected chi connectivity index (χ1v) is 10.3. The van der Waals surface area contributed by atoms with Crippen LogP contribution in [-0.4, -0.2) is 37.9 Å². The summed E-state index contributed by atoms with van der Waals surface area (Å²) in [5.41, 5.74) is 3.97. The molecule has 0 spiro atoms. The van der Waals surface area contributed by atoms with Crippen molar-refractivity contribution in [1.82, 2.24) is 10.6 Å². The lowest BCUT2D eigenvalue weighted by Gasteiger charge is -2.16. The standard InChI is InChI=1S/C23H29N5O2.HI/c1-3-17-6-4-7-19(14-17)27-21(29)16-26-23(24-2)25-15-18-9-11-20(12-10-18)28-13-5-8-22(28)30;/h4,6-7,9-12,14H,3,5,8,13,15-16H2,1-2H3,(H,27,29)(H2,24,25,26);1H. The Morgan fingerprint density at radius 1 is 1.10 bits per heavy atom. The Kier molecular flexibility index (Phi) is 9.77. The molecule has 1 saturated heterocycles. The van der Waals surface area contributed by atoms with E-state index < -0.39 is 0 Å². The van der Waals surface area contributed by atoms with Gasteiger partial charge in [0.15, 0.2) is 5.96 Å². The number of hydrogen-bond acceptors (Lipinski definition) is 3. The van der Waals surface area contributed by atoms with Crippen molar-refractivity contribution in [3.05, 3.63) is 59.7 Å². The summed E-state index contributed by atoms with van der Waals surface area (Å²) in [5.74, 6) is 0.599. The number of aliphatic imine (C=N–C) groups is 1. The van der Waals surface area contributed by atoms with Gasteiger partial charge < -0.3 is 20.9 Å². The zero-order valence-corrected chi connectivity index (χ0v) is 20.3. The number of amides is 2. The molecule has 31 heavy (non-hydrogen) atoms. The van der Waals surface area contributed by atoms with Gasteiger partial charge in [0.05, 0.1) is 6.54 Å². The fourth-order valence-corrected chi connectivity index (χ4v) is 3.36. The average Bonchev–Trinajstić information content (AvgIpc) is 3.20. The summed E-state index contributed by atoms with van der Waals surface area (Å²) in [7, 11) is 1.67. The number of nitrogens with one attached hydrogen (secondary N) is 3. The number of carbonyl (C=O) groups is 2. The molecular formula is C23H30IN5O2. The molecule has 0 unspecified atom stereocenters. The topological polar surface area (TPSA) is 85.8 Å². The highest BCUT2D eigenvalue weighted by Crippen LogP contribution is 2.21. The van der Waals surface area contributed by atoms with Crippen molar-refractivity contribution in [1.29, 1.82) is 0 Å². The molecule has 2 amide bonds. The van der Waals surface area contributed by atoms with Gasteiger partial charge in [-0.2, -0.15) is 0 Å². The predicted octanol–water partition coefficient (Wildman–Crippen LogP) is 3.30. The molecule has 3 N–H and O–H groups in total. The number of nitrogens with zero attached hydrogens (tertiary/aromatic N) is 2. The number of halogens is 1. The van der Waals surface area contributed by atoms with Crippen LogP contribution in [0.15, 0.2) is 53.5 Å². The molecule has 0 bridgehead atoms. The third-order valence-electron chi connectivity index (χ3n) is 5.04. The third-order valence-corrected chi connectivity index (χ3v) is 5.04. The molecule has 0 radical (unpaired) electrons. The smallest absolute Gasteiger partial charge is 0.243 e. The molecule has 1 aliphatic heterocycles. The first-order chi connectivity index (χ1) is 14.6. The lowest BCUT2D eigenvalue weighted by atomic mass is 10.1. The van der Waals surface area contributed by atoms with Gasteiger partial charge in [0, 0.05) is 37.9 Å². The molecule has 3 rings (SSSR count). The molecule has 166 valence electrons. The molecule has 1 heterocycles. The summed E-state index contributed by atoms with van der Waals surface area (Å²) in [6.07, 6.45) is 2.47. The maximum absolute atomic E-state index is 12.2. The second-order valence-electron chi connectivity index (χ2n) is 7.20. The molecule has 0 atom stereocenters. The van der Waals surface area contributed by atoms with Crippen LogP contribution in [0, 0.1) is 0 Å². The van der Waals surface area contributed by atoms with Gasteiger partial charge in [-0.3, -0.25) is 14.6 Å². The fraction of sp³-hybridized carbons (Fsp3) is 0.348. The summed E-state index contributed by atoms with van der Waals surface area (Å²) >= 11 is 0. The van der Waals surface area contributed by atoms with Crippen LogP contribution in [0.4, 0.5) is 11.4 Å². The second kappa shape index (κ2) is 12.3. The molecule has 0 aromatic heterocycles. The zero-order valence-electron chi connectivity index (χ0n) is 18.0. The van der Waals surface area contributed by atoms with E-state index >= 15 is 0 Å². The molecule has 2 aromatic carbocycles. The van der Waals surface area contributed by atoms with Gasteiger partial charge in [-0.05, 0) is 48.2 Å². The number of benzene rings is 2. The summed E-state index contributed by atoms with van der Waals surface area (Å²) in [6.45, 7) is 3.55. The third kappa shape index (κ3) is 7.23. The highest BCUT2D eigenvalue weighted by Gasteiger charge is 2.21. The minimum Gasteiger partial charge on any atom is -0.352 e. The SMILES string of the molecule is CCc1cccc(NC(=O)CNC(=NC)NCc2ccc(N3CCCC3=O)cc2)c1.I. The molecular weight excluding hydrogens is 505 g/mol. The molecule has 7 nitrogen and oxygen atoms in total. The van der Waals surface area contributed by atoms with E-state index in [4.69, 9.17) is 0 Å². The summed E-state index contributed by atoms with van der Waals surface area (Å²) in [4.78, 5) is 30.0. The van der Waals surface area contributed by atoms with E-state index in [1.807, 2.05) is 53.4 Å². The van der Waals surface area contributed by atoms with Gasteiger partial charge in [0.2, 0.25) is 11.8 Å².